The number of allylic oxidation sites excluding steroid dienone is 2. The number of carboxylic acid groups (broad SMARTS) is 2. The molecular weight excluding hydrogens is 460 g/mol. The van der Waals surface area contributed by atoms with Gasteiger partial charge in [-0.25, -0.2) is 0 Å². The van der Waals surface area contributed by atoms with E-state index in [2.05, 4.69) is 0 Å². The number of aliphatic carboxylic acids is 2. The van der Waals surface area contributed by atoms with Gasteiger partial charge in [0.05, 0.1) is 12.1 Å². The quantitative estimate of drug-likeness (QED) is 0.315. The molecule has 158 valence electrons. The minimum absolute atomic E-state index is 0. The summed E-state index contributed by atoms with van der Waals surface area (Å²) in [6.07, 6.45) is 4.16. The van der Waals surface area contributed by atoms with Gasteiger partial charge in [-0.2, -0.15) is 0 Å². The molecule has 3 unspecified atom stereocenters. The zero-order valence-corrected chi connectivity index (χ0v) is 22.4. The zero-order chi connectivity index (χ0) is 21.6. The molecule has 1 aliphatic heterocycles. The summed E-state index contributed by atoms with van der Waals surface area (Å²) in [6.45, 7) is 0. The number of fused-ring (bicyclic) bond motifs is 1. The number of carbonyl (C=O) groups excluding carboxylic acids is 2. The molecule has 0 bridgehead atoms. The molecule has 3 N–H and O–H groups in total. The second kappa shape index (κ2) is 10.6. The normalized spacial score (nSPS) is 23.6. The summed E-state index contributed by atoms with van der Waals surface area (Å²) in [5.74, 6) is -7.90. The van der Waals surface area contributed by atoms with Gasteiger partial charge < -0.3 is 40.1 Å². The smallest absolute Gasteiger partial charge is 0.542 e. The Kier molecular flexibility index (Phi) is 9.11. The van der Waals surface area contributed by atoms with Crippen molar-refractivity contribution in [2.45, 2.75) is 37.2 Å². The van der Waals surface area contributed by atoms with Crippen LogP contribution in [0.5, 0.6) is 0 Å². The molecule has 4 rings (SSSR count). The van der Waals surface area contributed by atoms with Crippen LogP contribution in [-0.4, -0.2) is 28.9 Å². The van der Waals surface area contributed by atoms with Gasteiger partial charge in [0.25, 0.3) is 0 Å². The fraction of sp³-hybridized carbons (Fsp3) is 0.333. The van der Waals surface area contributed by atoms with Gasteiger partial charge in [-0.3, -0.25) is 0 Å². The molecule has 0 amide bonds. The van der Waals surface area contributed by atoms with Crippen LogP contribution in [0, 0.1) is 5.92 Å². The Bertz CT molecular complexity index is 1010. The number of carboxylic acids is 2. The van der Waals surface area contributed by atoms with Gasteiger partial charge in [-0.15, -0.1) is 0 Å². The van der Waals surface area contributed by atoms with Crippen LogP contribution in [-0.2, 0) is 19.1 Å². The van der Waals surface area contributed by atoms with E-state index in [1.165, 1.54) is 0 Å². The number of rotatable bonds is 5. The van der Waals surface area contributed by atoms with Crippen molar-refractivity contribution in [3.8, 4) is 0 Å². The summed E-state index contributed by atoms with van der Waals surface area (Å²) < 4.78 is 10.4. The fourth-order valence-electron chi connectivity index (χ4n) is 4.14. The van der Waals surface area contributed by atoms with E-state index in [1.54, 1.807) is 30.3 Å². The van der Waals surface area contributed by atoms with Crippen molar-refractivity contribution >= 4 is 23.5 Å². The number of aliphatic hydroxyl groups excluding tert-OH is 1. The number of halogens is 1. The van der Waals surface area contributed by atoms with E-state index in [-0.39, 0.29) is 77.1 Å². The molecule has 0 spiro atoms. The maximum Gasteiger partial charge on any atom is 1.00 e. The first-order valence-electron chi connectivity index (χ1n) is 9.38. The number of hydrogen-bond donors (Lipinski definition) is 2. The fourth-order valence-corrected chi connectivity index (χ4v) is 4.34. The minimum Gasteiger partial charge on any atom is -0.542 e. The van der Waals surface area contributed by atoms with Gasteiger partial charge in [0.1, 0.15) is 11.9 Å². The molecule has 3 aliphatic rings. The van der Waals surface area contributed by atoms with Crippen molar-refractivity contribution in [1.29, 1.82) is 0 Å². The topological polar surface area (TPSA) is 145 Å². The monoisotopic (exact) mass is 477 g/mol. The average Bonchev–Trinajstić information content (AvgIpc) is 3.14. The van der Waals surface area contributed by atoms with Crippen molar-refractivity contribution < 1.29 is 93.5 Å². The standard InChI is InChI=1S/C21H20ClNO7.2Na/c22-11-5-3-4-10(8-11)15(24)9-14-12-6-1-2-7-13(12)17-18(16(14)23)30-21(29-17,19(25)26)20(27)28;;/h2-5,7-8,14-16,24H,1,6,9,23H2,(H,25,26)(H,27,28);;/q;2*+1/p-2. The third kappa shape index (κ3) is 4.71. The minimum atomic E-state index is -3.11. The molecular formula is C21H18ClNNa2O7. The summed E-state index contributed by atoms with van der Waals surface area (Å²) >= 11 is 6.01. The third-order valence-electron chi connectivity index (χ3n) is 5.61. The Hall–Kier alpha value is -0.810. The van der Waals surface area contributed by atoms with Gasteiger partial charge >= 0.3 is 64.9 Å². The Labute approximate surface area is 233 Å². The average molecular weight is 478 g/mol. The van der Waals surface area contributed by atoms with Crippen LogP contribution in [0.4, 0.5) is 0 Å². The van der Waals surface area contributed by atoms with E-state index in [0.717, 1.165) is 5.57 Å². The van der Waals surface area contributed by atoms with Gasteiger partial charge in [0.15, 0.2) is 11.5 Å². The largest absolute Gasteiger partial charge is 1.00 e. The van der Waals surface area contributed by atoms with E-state index in [0.29, 0.717) is 29.0 Å². The van der Waals surface area contributed by atoms with E-state index in [1.807, 2.05) is 6.08 Å². The van der Waals surface area contributed by atoms with Crippen LogP contribution in [0.25, 0.3) is 0 Å². The van der Waals surface area contributed by atoms with Crippen LogP contribution in [0.3, 0.4) is 0 Å². The molecule has 11 heteroatoms. The first-order valence-corrected chi connectivity index (χ1v) is 9.76. The second-order valence-corrected chi connectivity index (χ2v) is 7.84. The van der Waals surface area contributed by atoms with Crippen LogP contribution >= 0.6 is 11.6 Å². The number of ether oxygens (including phenoxy) is 2. The summed E-state index contributed by atoms with van der Waals surface area (Å²) in [5.41, 5.74) is 8.31. The summed E-state index contributed by atoms with van der Waals surface area (Å²) in [6, 6.07) is 5.86. The van der Waals surface area contributed by atoms with Crippen molar-refractivity contribution in [3.63, 3.8) is 0 Å². The number of nitrogens with two attached hydrogens (primary N) is 1. The first-order chi connectivity index (χ1) is 14.2. The molecule has 0 aromatic heterocycles. The predicted octanol–water partition coefficient (Wildman–Crippen LogP) is -6.17. The summed E-state index contributed by atoms with van der Waals surface area (Å²) in [4.78, 5) is 23.0. The van der Waals surface area contributed by atoms with Crippen LogP contribution < -0.4 is 75.1 Å². The molecule has 1 heterocycles. The van der Waals surface area contributed by atoms with E-state index in [9.17, 15) is 24.9 Å². The molecule has 2 aliphatic carbocycles. The van der Waals surface area contributed by atoms with Gasteiger partial charge in [-0.1, -0.05) is 41.5 Å². The van der Waals surface area contributed by atoms with Crippen molar-refractivity contribution in [2.24, 2.45) is 11.7 Å². The van der Waals surface area contributed by atoms with E-state index in [4.69, 9.17) is 26.8 Å². The van der Waals surface area contributed by atoms with Gasteiger partial charge in [0, 0.05) is 16.5 Å². The maximum absolute atomic E-state index is 11.5. The predicted molar refractivity (Wildman–Crippen MR) is 99.8 cm³/mol. The molecule has 8 nitrogen and oxygen atoms in total. The molecule has 1 aromatic carbocycles. The SMILES string of the molecule is NC1C2=C(OC(C(=O)[O-])(C(=O)[O-])O2)C2=C(CCC=C2)C1CC(O)c1cccc(Cl)c1.[Na+].[Na+]. The molecule has 0 radical (unpaired) electrons. The van der Waals surface area contributed by atoms with Gasteiger partial charge in [-0.05, 0) is 37.0 Å². The number of carbonyl (C=O) groups is 2. The first kappa shape index (κ1) is 27.4. The van der Waals surface area contributed by atoms with E-state index >= 15 is 0 Å². The molecule has 3 atom stereocenters. The second-order valence-electron chi connectivity index (χ2n) is 7.41. The number of aliphatic hydroxyl groups is 1. The Balaban J connectivity index is 0.00000181. The third-order valence-corrected chi connectivity index (χ3v) is 5.85. The van der Waals surface area contributed by atoms with Crippen molar-refractivity contribution in [3.05, 3.63) is 69.7 Å². The summed E-state index contributed by atoms with van der Waals surface area (Å²) in [7, 11) is 0. The molecule has 0 saturated heterocycles. The molecule has 0 fully saturated rings. The Morgan fingerprint density at radius 1 is 1.25 bits per heavy atom. The number of benzene rings is 1. The maximum atomic E-state index is 11.5. The number of hydrogen-bond acceptors (Lipinski definition) is 8. The molecule has 0 saturated carbocycles. The Morgan fingerprint density at radius 3 is 2.56 bits per heavy atom. The summed E-state index contributed by atoms with van der Waals surface area (Å²) in [5, 5.41) is 34.3. The van der Waals surface area contributed by atoms with Crippen LogP contribution in [0.2, 0.25) is 5.02 Å². The zero-order valence-electron chi connectivity index (χ0n) is 17.7. The van der Waals surface area contributed by atoms with Crippen molar-refractivity contribution in [2.75, 3.05) is 0 Å². The molecule has 32 heavy (non-hydrogen) atoms. The van der Waals surface area contributed by atoms with Crippen molar-refractivity contribution in [1.82, 2.24) is 0 Å². The van der Waals surface area contributed by atoms with Gasteiger partial charge in [0.2, 0.25) is 0 Å². The Morgan fingerprint density at radius 2 is 1.94 bits per heavy atom. The van der Waals surface area contributed by atoms with Crippen LogP contribution in [0.15, 0.2) is 59.1 Å². The van der Waals surface area contributed by atoms with E-state index < -0.39 is 35.8 Å². The van der Waals surface area contributed by atoms with Crippen LogP contribution in [0.1, 0.15) is 30.9 Å². The molecule has 1 aromatic rings.